The molecule has 0 heterocycles. The van der Waals surface area contributed by atoms with E-state index in [0.717, 1.165) is 11.8 Å². The lowest BCUT2D eigenvalue weighted by atomic mass is 10.1. The van der Waals surface area contributed by atoms with Crippen LogP contribution in [0, 0.1) is 5.92 Å². The van der Waals surface area contributed by atoms with Crippen molar-refractivity contribution in [3.05, 3.63) is 59.1 Å². The highest BCUT2D eigenvalue weighted by Crippen LogP contribution is 2.18. The molecule has 0 aliphatic heterocycles. The number of urea groups is 1. The predicted molar refractivity (Wildman–Crippen MR) is 108 cm³/mol. The Hall–Kier alpha value is -2.25. The second-order valence-electron chi connectivity index (χ2n) is 6.64. The third-order valence-corrected chi connectivity index (χ3v) is 4.26. The summed E-state index contributed by atoms with van der Waals surface area (Å²) in [5, 5.41) is 3.46. The van der Waals surface area contributed by atoms with E-state index < -0.39 is 10.1 Å². The molecule has 146 valence electrons. The summed E-state index contributed by atoms with van der Waals surface area (Å²) in [5.74, 6) is 0.524. The third-order valence-electron chi connectivity index (χ3n) is 3.51. The number of rotatable bonds is 7. The average Bonchev–Trinajstić information content (AvgIpc) is 2.56. The molecule has 27 heavy (non-hydrogen) atoms. The van der Waals surface area contributed by atoms with Gasteiger partial charge in [0.2, 0.25) is 0 Å². The second-order valence-corrected chi connectivity index (χ2v) is 8.65. The number of nitrogens with one attached hydrogen (secondary N) is 1. The fourth-order valence-corrected chi connectivity index (χ4v) is 3.03. The molecule has 0 saturated heterocycles. The number of anilines is 1. The Kier molecular flexibility index (Phi) is 7.10. The highest BCUT2D eigenvalue weighted by atomic mass is 35.5. The van der Waals surface area contributed by atoms with Crippen LogP contribution in [0.25, 0.3) is 0 Å². The van der Waals surface area contributed by atoms with Crippen molar-refractivity contribution < 1.29 is 17.4 Å². The van der Waals surface area contributed by atoms with Crippen LogP contribution in [-0.4, -0.2) is 32.1 Å². The highest BCUT2D eigenvalue weighted by molar-refractivity contribution is 7.86. The van der Waals surface area contributed by atoms with Gasteiger partial charge in [-0.05, 0) is 47.9 Å². The third kappa shape index (κ3) is 7.48. The molecule has 0 atom stereocenters. The molecule has 2 aromatic rings. The van der Waals surface area contributed by atoms with E-state index in [4.69, 9.17) is 15.8 Å². The summed E-state index contributed by atoms with van der Waals surface area (Å²) >= 11 is 5.87. The Bertz CT molecular complexity index is 866. The van der Waals surface area contributed by atoms with Gasteiger partial charge in [0.1, 0.15) is 5.75 Å². The highest BCUT2D eigenvalue weighted by Gasteiger charge is 2.16. The van der Waals surface area contributed by atoms with Crippen LogP contribution in [0.2, 0.25) is 5.02 Å². The van der Waals surface area contributed by atoms with E-state index in [0.29, 0.717) is 23.8 Å². The summed E-state index contributed by atoms with van der Waals surface area (Å²) in [6.45, 7) is 5.02. The molecule has 0 aliphatic rings. The summed E-state index contributed by atoms with van der Waals surface area (Å²) in [6, 6.07) is 13.3. The van der Waals surface area contributed by atoms with Crippen molar-refractivity contribution in [2.24, 2.45) is 5.92 Å². The van der Waals surface area contributed by atoms with Crippen LogP contribution in [0.1, 0.15) is 19.4 Å². The van der Waals surface area contributed by atoms with Crippen LogP contribution in [0.3, 0.4) is 0 Å². The molecule has 2 amide bonds. The molecule has 0 radical (unpaired) electrons. The molecule has 0 fully saturated rings. The first-order valence-electron chi connectivity index (χ1n) is 8.42. The van der Waals surface area contributed by atoms with Crippen molar-refractivity contribution in [2.75, 3.05) is 18.1 Å². The molecule has 6 nitrogen and oxygen atoms in total. The number of benzene rings is 2. The molecule has 0 aliphatic carbocycles. The number of amides is 2. The number of carbonyl (C=O) groups excluding carboxylic acids is 1. The van der Waals surface area contributed by atoms with Gasteiger partial charge in [-0.25, -0.2) is 4.79 Å². The molecule has 0 aromatic heterocycles. The SMILES string of the molecule is CC(C)CN(Cc1ccc(OS(C)(=O)=O)cc1)C(=O)Nc1ccc(Cl)cc1. The first kappa shape index (κ1) is 21.1. The number of carbonyl (C=O) groups is 1. The fraction of sp³-hybridized carbons (Fsp3) is 0.316. The van der Waals surface area contributed by atoms with Crippen molar-refractivity contribution in [3.8, 4) is 5.75 Å². The van der Waals surface area contributed by atoms with Gasteiger partial charge in [0, 0.05) is 23.8 Å². The number of halogens is 1. The maximum atomic E-state index is 12.7. The predicted octanol–water partition coefficient (Wildman–Crippen LogP) is 4.37. The van der Waals surface area contributed by atoms with E-state index in [2.05, 4.69) is 5.32 Å². The molecule has 1 N–H and O–H groups in total. The van der Waals surface area contributed by atoms with Crippen LogP contribution in [0.15, 0.2) is 48.5 Å². The zero-order valence-electron chi connectivity index (χ0n) is 15.5. The van der Waals surface area contributed by atoms with Crippen LogP contribution in [0.4, 0.5) is 10.5 Å². The Morgan fingerprint density at radius 3 is 2.22 bits per heavy atom. The topological polar surface area (TPSA) is 75.7 Å². The molecule has 8 heteroatoms. The van der Waals surface area contributed by atoms with Gasteiger partial charge in [0.05, 0.1) is 6.26 Å². The lowest BCUT2D eigenvalue weighted by Crippen LogP contribution is -2.37. The zero-order chi connectivity index (χ0) is 20.0. The van der Waals surface area contributed by atoms with Crippen molar-refractivity contribution in [2.45, 2.75) is 20.4 Å². The molecular formula is C19H23ClN2O4S. The molecule has 0 bridgehead atoms. The van der Waals surface area contributed by atoms with Crippen LogP contribution >= 0.6 is 11.6 Å². The summed E-state index contributed by atoms with van der Waals surface area (Å²) in [5.41, 5.74) is 1.53. The minimum Gasteiger partial charge on any atom is -0.383 e. The molecule has 2 aromatic carbocycles. The van der Waals surface area contributed by atoms with E-state index >= 15 is 0 Å². The smallest absolute Gasteiger partial charge is 0.322 e. The molecule has 2 rings (SSSR count). The Balaban J connectivity index is 2.09. The largest absolute Gasteiger partial charge is 0.383 e. The molecule has 0 unspecified atom stereocenters. The lowest BCUT2D eigenvalue weighted by molar-refractivity contribution is 0.201. The van der Waals surface area contributed by atoms with E-state index in [1.54, 1.807) is 53.4 Å². The Morgan fingerprint density at radius 2 is 1.70 bits per heavy atom. The normalized spacial score (nSPS) is 11.3. The monoisotopic (exact) mass is 410 g/mol. The van der Waals surface area contributed by atoms with E-state index in [1.807, 2.05) is 13.8 Å². The summed E-state index contributed by atoms with van der Waals surface area (Å²) < 4.78 is 27.2. The van der Waals surface area contributed by atoms with E-state index in [9.17, 15) is 13.2 Å². The van der Waals surface area contributed by atoms with Crippen molar-refractivity contribution >= 4 is 33.4 Å². The fourth-order valence-electron chi connectivity index (χ4n) is 2.44. The first-order valence-corrected chi connectivity index (χ1v) is 10.6. The van der Waals surface area contributed by atoms with Gasteiger partial charge in [-0.15, -0.1) is 0 Å². The second kappa shape index (κ2) is 9.10. The summed E-state index contributed by atoms with van der Waals surface area (Å²) in [4.78, 5) is 14.4. The number of hydrogen-bond donors (Lipinski definition) is 1. The molecular weight excluding hydrogens is 388 g/mol. The van der Waals surface area contributed by atoms with E-state index in [-0.39, 0.29) is 17.7 Å². The molecule has 0 saturated carbocycles. The summed E-state index contributed by atoms with van der Waals surface area (Å²) in [7, 11) is -3.56. The van der Waals surface area contributed by atoms with Crippen molar-refractivity contribution in [1.29, 1.82) is 0 Å². The maximum Gasteiger partial charge on any atom is 0.322 e. The van der Waals surface area contributed by atoms with Gasteiger partial charge in [0.15, 0.2) is 0 Å². The Morgan fingerprint density at radius 1 is 1.11 bits per heavy atom. The van der Waals surface area contributed by atoms with Gasteiger partial charge >= 0.3 is 16.1 Å². The quantitative estimate of drug-likeness (QED) is 0.687. The molecule has 0 spiro atoms. The maximum absolute atomic E-state index is 12.7. The van der Waals surface area contributed by atoms with Crippen molar-refractivity contribution in [3.63, 3.8) is 0 Å². The van der Waals surface area contributed by atoms with Gasteiger partial charge in [-0.1, -0.05) is 37.6 Å². The van der Waals surface area contributed by atoms with Gasteiger partial charge < -0.3 is 14.4 Å². The van der Waals surface area contributed by atoms with Crippen LogP contribution < -0.4 is 9.50 Å². The lowest BCUT2D eigenvalue weighted by Gasteiger charge is -2.25. The van der Waals surface area contributed by atoms with Gasteiger partial charge in [0.25, 0.3) is 0 Å². The number of nitrogens with zero attached hydrogens (tertiary/aromatic N) is 1. The van der Waals surface area contributed by atoms with Gasteiger partial charge in [-0.2, -0.15) is 8.42 Å². The minimum atomic E-state index is -3.56. The van der Waals surface area contributed by atoms with Gasteiger partial charge in [-0.3, -0.25) is 0 Å². The average molecular weight is 411 g/mol. The standard InChI is InChI=1S/C19H23ClN2O4S/c1-14(2)12-22(19(23)21-17-8-6-16(20)7-9-17)13-15-4-10-18(11-5-15)26-27(3,24)25/h4-11,14H,12-13H2,1-3H3,(H,21,23). The van der Waals surface area contributed by atoms with Crippen LogP contribution in [0.5, 0.6) is 5.75 Å². The van der Waals surface area contributed by atoms with E-state index in [1.165, 1.54) is 0 Å². The first-order chi connectivity index (χ1) is 12.6. The zero-order valence-corrected chi connectivity index (χ0v) is 17.0. The summed E-state index contributed by atoms with van der Waals surface area (Å²) in [6.07, 6.45) is 0.992. The Labute approximate surface area is 165 Å². The number of hydrogen-bond acceptors (Lipinski definition) is 4. The van der Waals surface area contributed by atoms with Crippen LogP contribution in [-0.2, 0) is 16.7 Å². The minimum absolute atomic E-state index is 0.220. The van der Waals surface area contributed by atoms with Crippen molar-refractivity contribution in [1.82, 2.24) is 4.90 Å².